The Hall–Kier alpha value is -3.06. The van der Waals surface area contributed by atoms with Gasteiger partial charge in [0.05, 0.1) is 10.6 Å². The van der Waals surface area contributed by atoms with E-state index in [0.717, 1.165) is 5.56 Å². The van der Waals surface area contributed by atoms with E-state index in [1.165, 1.54) is 0 Å². The van der Waals surface area contributed by atoms with E-state index in [0.29, 0.717) is 36.6 Å². The van der Waals surface area contributed by atoms with Crippen LogP contribution in [0.2, 0.25) is 5.02 Å². The zero-order chi connectivity index (χ0) is 24.0. The highest BCUT2D eigenvalue weighted by Crippen LogP contribution is 2.17. The molecule has 7 nitrogen and oxygen atoms in total. The van der Waals surface area contributed by atoms with Crippen LogP contribution in [0.4, 0.5) is 4.79 Å². The number of amides is 4. The van der Waals surface area contributed by atoms with Gasteiger partial charge in [-0.05, 0) is 38.5 Å². The lowest BCUT2D eigenvalue weighted by molar-refractivity contribution is -0.135. The van der Waals surface area contributed by atoms with E-state index in [1.54, 1.807) is 34.1 Å². The number of piperazine rings is 1. The van der Waals surface area contributed by atoms with Crippen molar-refractivity contribution in [1.82, 2.24) is 20.4 Å². The van der Waals surface area contributed by atoms with Crippen LogP contribution in [-0.2, 0) is 11.2 Å². The molecule has 1 saturated heterocycles. The van der Waals surface area contributed by atoms with E-state index >= 15 is 0 Å². The first-order chi connectivity index (χ1) is 15.8. The van der Waals surface area contributed by atoms with E-state index < -0.39 is 11.9 Å². The van der Waals surface area contributed by atoms with Crippen LogP contribution in [0.15, 0.2) is 54.6 Å². The molecular formula is C25H31ClN4O3. The van der Waals surface area contributed by atoms with E-state index in [2.05, 4.69) is 10.6 Å². The first kappa shape index (κ1) is 24.6. The van der Waals surface area contributed by atoms with Gasteiger partial charge < -0.3 is 20.4 Å². The maximum atomic E-state index is 13.5. The summed E-state index contributed by atoms with van der Waals surface area (Å²) in [6.07, 6.45) is 0.359. The Kier molecular flexibility index (Phi) is 8.33. The summed E-state index contributed by atoms with van der Waals surface area (Å²) in [5.41, 5.74) is 1.27. The summed E-state index contributed by atoms with van der Waals surface area (Å²) >= 11 is 6.19. The Balaban J connectivity index is 1.74. The predicted octanol–water partition coefficient (Wildman–Crippen LogP) is 3.33. The van der Waals surface area contributed by atoms with Gasteiger partial charge in [0.15, 0.2) is 0 Å². The minimum absolute atomic E-state index is 0.0413. The lowest BCUT2D eigenvalue weighted by atomic mass is 10.0. The average Bonchev–Trinajstić information content (AvgIpc) is 2.78. The van der Waals surface area contributed by atoms with Crippen LogP contribution < -0.4 is 10.6 Å². The average molecular weight is 471 g/mol. The highest BCUT2D eigenvalue weighted by Gasteiger charge is 2.34. The first-order valence-electron chi connectivity index (χ1n) is 11.2. The van der Waals surface area contributed by atoms with Gasteiger partial charge in [-0.15, -0.1) is 0 Å². The van der Waals surface area contributed by atoms with Gasteiger partial charge in [0.2, 0.25) is 5.91 Å². The normalized spacial score (nSPS) is 16.9. The van der Waals surface area contributed by atoms with Crippen LogP contribution in [-0.4, -0.2) is 65.4 Å². The molecule has 8 heteroatoms. The number of carbonyl (C=O) groups excluding carboxylic acids is 3. The Labute approximate surface area is 200 Å². The van der Waals surface area contributed by atoms with Crippen molar-refractivity contribution in [1.29, 1.82) is 0 Å². The fourth-order valence-electron chi connectivity index (χ4n) is 3.94. The number of nitrogens with zero attached hydrogens (tertiary/aromatic N) is 2. The second-order valence-electron chi connectivity index (χ2n) is 8.63. The Bertz CT molecular complexity index is 983. The van der Waals surface area contributed by atoms with Crippen molar-refractivity contribution >= 4 is 29.4 Å². The molecule has 176 valence electrons. The lowest BCUT2D eigenvalue weighted by Gasteiger charge is -2.41. The molecule has 0 saturated carbocycles. The van der Waals surface area contributed by atoms with Crippen LogP contribution in [0.5, 0.6) is 0 Å². The van der Waals surface area contributed by atoms with Gasteiger partial charge in [0.1, 0.15) is 6.04 Å². The van der Waals surface area contributed by atoms with Gasteiger partial charge in [-0.25, -0.2) is 4.79 Å². The van der Waals surface area contributed by atoms with Crippen LogP contribution in [0, 0.1) is 0 Å². The van der Waals surface area contributed by atoms with Crippen molar-refractivity contribution in [3.8, 4) is 0 Å². The molecule has 0 bridgehead atoms. The number of rotatable bonds is 6. The molecule has 2 unspecified atom stereocenters. The standard InChI is InChI=1S/C25H31ClN4O3/c1-17(2)27-25(33)30-14-13-29(16-18(30)3)24(32)22(15-19-9-5-4-6-10-19)28-23(31)20-11-7-8-12-21(20)26/h4-12,17-18,22H,13-16H2,1-3H3,(H,27,33)(H,28,31). The molecule has 1 aliphatic rings. The Morgan fingerprint density at radius 3 is 2.30 bits per heavy atom. The molecule has 2 N–H and O–H groups in total. The highest BCUT2D eigenvalue weighted by atomic mass is 35.5. The maximum absolute atomic E-state index is 13.5. The van der Waals surface area contributed by atoms with Crippen LogP contribution in [0.1, 0.15) is 36.7 Å². The molecule has 0 radical (unpaired) electrons. The summed E-state index contributed by atoms with van der Waals surface area (Å²) in [5.74, 6) is -0.562. The number of urea groups is 1. The number of nitrogens with one attached hydrogen (secondary N) is 2. The summed E-state index contributed by atoms with van der Waals surface area (Å²) in [5, 5.41) is 6.13. The topological polar surface area (TPSA) is 81.8 Å². The molecule has 1 fully saturated rings. The van der Waals surface area contributed by atoms with Crippen molar-refractivity contribution in [2.24, 2.45) is 0 Å². The maximum Gasteiger partial charge on any atom is 0.317 e. The Morgan fingerprint density at radius 2 is 1.67 bits per heavy atom. The summed E-state index contributed by atoms with van der Waals surface area (Å²) in [4.78, 5) is 42.4. The lowest BCUT2D eigenvalue weighted by Crippen LogP contribution is -2.61. The van der Waals surface area contributed by atoms with Crippen molar-refractivity contribution in [2.45, 2.75) is 45.3 Å². The summed E-state index contributed by atoms with van der Waals surface area (Å²) in [7, 11) is 0. The third-order valence-electron chi connectivity index (χ3n) is 5.62. The largest absolute Gasteiger partial charge is 0.340 e. The molecular weight excluding hydrogens is 440 g/mol. The van der Waals surface area contributed by atoms with Crippen LogP contribution in [0.25, 0.3) is 0 Å². The monoisotopic (exact) mass is 470 g/mol. The van der Waals surface area contributed by atoms with Gasteiger partial charge in [-0.1, -0.05) is 54.1 Å². The fourth-order valence-corrected chi connectivity index (χ4v) is 4.16. The number of halogens is 1. The molecule has 2 aromatic carbocycles. The van der Waals surface area contributed by atoms with Crippen LogP contribution >= 0.6 is 11.6 Å². The minimum atomic E-state index is -0.751. The molecule has 0 aromatic heterocycles. The summed E-state index contributed by atoms with van der Waals surface area (Å²) < 4.78 is 0. The minimum Gasteiger partial charge on any atom is -0.340 e. The van der Waals surface area contributed by atoms with E-state index in [4.69, 9.17) is 11.6 Å². The third kappa shape index (κ3) is 6.48. The van der Waals surface area contributed by atoms with Crippen molar-refractivity contribution in [3.05, 3.63) is 70.7 Å². The molecule has 0 spiro atoms. The van der Waals surface area contributed by atoms with E-state index in [-0.39, 0.29) is 24.0 Å². The van der Waals surface area contributed by atoms with Crippen molar-refractivity contribution in [3.63, 3.8) is 0 Å². The second kappa shape index (κ2) is 11.2. The fraction of sp³-hybridized carbons (Fsp3) is 0.400. The molecule has 1 heterocycles. The summed E-state index contributed by atoms with van der Waals surface area (Å²) in [6.45, 7) is 6.99. The van der Waals surface area contributed by atoms with E-state index in [1.807, 2.05) is 51.1 Å². The van der Waals surface area contributed by atoms with E-state index in [9.17, 15) is 14.4 Å². The molecule has 0 aliphatic carbocycles. The second-order valence-corrected chi connectivity index (χ2v) is 9.03. The highest BCUT2D eigenvalue weighted by molar-refractivity contribution is 6.33. The van der Waals surface area contributed by atoms with Crippen molar-refractivity contribution < 1.29 is 14.4 Å². The number of benzene rings is 2. The van der Waals surface area contributed by atoms with Gasteiger partial charge in [0, 0.05) is 38.1 Å². The number of hydrogen-bond acceptors (Lipinski definition) is 3. The van der Waals surface area contributed by atoms with Crippen LogP contribution in [0.3, 0.4) is 0 Å². The smallest absolute Gasteiger partial charge is 0.317 e. The van der Waals surface area contributed by atoms with Gasteiger partial charge >= 0.3 is 6.03 Å². The number of hydrogen-bond donors (Lipinski definition) is 2. The molecule has 2 aromatic rings. The molecule has 4 amide bonds. The molecule has 3 rings (SSSR count). The predicted molar refractivity (Wildman–Crippen MR) is 129 cm³/mol. The quantitative estimate of drug-likeness (QED) is 0.679. The first-order valence-corrected chi connectivity index (χ1v) is 11.6. The van der Waals surface area contributed by atoms with Gasteiger partial charge in [-0.3, -0.25) is 9.59 Å². The van der Waals surface area contributed by atoms with Gasteiger partial charge in [-0.2, -0.15) is 0 Å². The molecule has 33 heavy (non-hydrogen) atoms. The summed E-state index contributed by atoms with van der Waals surface area (Å²) in [6, 6.07) is 15.4. The zero-order valence-electron chi connectivity index (χ0n) is 19.3. The van der Waals surface area contributed by atoms with Crippen molar-refractivity contribution in [2.75, 3.05) is 19.6 Å². The molecule has 1 aliphatic heterocycles. The third-order valence-corrected chi connectivity index (χ3v) is 5.95. The Morgan fingerprint density at radius 1 is 1.00 bits per heavy atom. The van der Waals surface area contributed by atoms with Gasteiger partial charge in [0.25, 0.3) is 5.91 Å². The molecule has 2 atom stereocenters. The SMILES string of the molecule is CC(C)NC(=O)N1CCN(C(=O)C(Cc2ccccc2)NC(=O)c2ccccc2Cl)CC1C. The number of carbonyl (C=O) groups is 3. The zero-order valence-corrected chi connectivity index (χ0v) is 20.0.